The minimum atomic E-state index is -4.51. The summed E-state index contributed by atoms with van der Waals surface area (Å²) < 4.78 is 42.9. The summed E-state index contributed by atoms with van der Waals surface area (Å²) in [5.74, 6) is -1.87. The van der Waals surface area contributed by atoms with Crippen LogP contribution in [-0.4, -0.2) is 31.4 Å². The van der Waals surface area contributed by atoms with Crippen molar-refractivity contribution in [1.29, 1.82) is 0 Å². The fourth-order valence-corrected chi connectivity index (χ4v) is 3.50. The Morgan fingerprint density at radius 3 is 2.21 bits per heavy atom. The van der Waals surface area contributed by atoms with Crippen molar-refractivity contribution < 1.29 is 32.3 Å². The molecular formula is C18H17F3N2O4S. The van der Waals surface area contributed by atoms with Gasteiger partial charge in [-0.1, -0.05) is 0 Å². The van der Waals surface area contributed by atoms with Crippen LogP contribution in [0.3, 0.4) is 0 Å². The Kier molecular flexibility index (Phi) is 6.45. The van der Waals surface area contributed by atoms with Gasteiger partial charge in [-0.3, -0.25) is 9.59 Å². The molecule has 0 atom stereocenters. The number of nitrogens with one attached hydrogen (secondary N) is 2. The number of carbonyl (C=O) groups excluding carboxylic acids is 3. The van der Waals surface area contributed by atoms with Crippen LogP contribution < -0.4 is 10.6 Å². The summed E-state index contributed by atoms with van der Waals surface area (Å²) in [7, 11) is 1.42. The molecule has 2 N–H and O–H groups in total. The van der Waals surface area contributed by atoms with Crippen molar-refractivity contribution in [1.82, 2.24) is 5.32 Å². The molecule has 10 heteroatoms. The van der Waals surface area contributed by atoms with Gasteiger partial charge in [-0.05, 0) is 43.7 Å². The van der Waals surface area contributed by atoms with Crippen LogP contribution in [0.4, 0.5) is 18.2 Å². The molecule has 2 rings (SSSR count). The van der Waals surface area contributed by atoms with E-state index in [-0.39, 0.29) is 27.6 Å². The topological polar surface area (TPSA) is 84.5 Å². The van der Waals surface area contributed by atoms with E-state index in [4.69, 9.17) is 4.74 Å². The summed E-state index contributed by atoms with van der Waals surface area (Å²) in [5.41, 5.74) is -0.545. The minimum absolute atomic E-state index is 0.0321. The number of esters is 1. The first-order valence-corrected chi connectivity index (χ1v) is 8.93. The second-order valence-corrected chi connectivity index (χ2v) is 6.61. The average molecular weight is 414 g/mol. The van der Waals surface area contributed by atoms with Crippen molar-refractivity contribution in [3.8, 4) is 0 Å². The van der Waals surface area contributed by atoms with Gasteiger partial charge in [-0.25, -0.2) is 4.79 Å². The third-order valence-electron chi connectivity index (χ3n) is 3.76. The summed E-state index contributed by atoms with van der Waals surface area (Å²) >= 11 is 0.879. The summed E-state index contributed by atoms with van der Waals surface area (Å²) in [5, 5.41) is 5.00. The van der Waals surface area contributed by atoms with Gasteiger partial charge in [0.25, 0.3) is 11.8 Å². The van der Waals surface area contributed by atoms with Gasteiger partial charge < -0.3 is 15.4 Å². The van der Waals surface area contributed by atoms with Crippen LogP contribution in [0, 0.1) is 6.92 Å². The molecule has 150 valence electrons. The van der Waals surface area contributed by atoms with Gasteiger partial charge in [0.05, 0.1) is 22.6 Å². The summed E-state index contributed by atoms with van der Waals surface area (Å²) in [4.78, 5) is 36.9. The molecule has 0 unspecified atom stereocenters. The Morgan fingerprint density at radius 1 is 1.11 bits per heavy atom. The maximum Gasteiger partial charge on any atom is 0.416 e. The SMILES string of the molecule is CCOC(=O)c1c(NC(=O)c2ccc(C(F)(F)F)cc2)sc(C(=O)NC)c1C. The quantitative estimate of drug-likeness (QED) is 0.728. The van der Waals surface area contributed by atoms with Crippen molar-refractivity contribution >= 4 is 34.1 Å². The highest BCUT2D eigenvalue weighted by molar-refractivity contribution is 7.18. The molecule has 0 saturated heterocycles. The second kappa shape index (κ2) is 8.42. The Balaban J connectivity index is 2.37. The number of alkyl halides is 3. The zero-order valence-electron chi connectivity index (χ0n) is 15.2. The third kappa shape index (κ3) is 4.50. The van der Waals surface area contributed by atoms with Crippen LogP contribution in [0.2, 0.25) is 0 Å². The molecule has 1 heterocycles. The molecule has 0 radical (unpaired) electrons. The number of anilines is 1. The van der Waals surface area contributed by atoms with Gasteiger partial charge in [0.15, 0.2) is 0 Å². The molecule has 0 saturated carbocycles. The second-order valence-electron chi connectivity index (χ2n) is 5.59. The van der Waals surface area contributed by atoms with Crippen LogP contribution in [0.5, 0.6) is 0 Å². The first-order valence-electron chi connectivity index (χ1n) is 8.11. The smallest absolute Gasteiger partial charge is 0.416 e. The number of hydrogen-bond donors (Lipinski definition) is 2. The first-order chi connectivity index (χ1) is 13.1. The van der Waals surface area contributed by atoms with E-state index >= 15 is 0 Å². The van der Waals surface area contributed by atoms with E-state index in [1.807, 2.05) is 0 Å². The van der Waals surface area contributed by atoms with Crippen LogP contribution >= 0.6 is 11.3 Å². The molecule has 0 aliphatic carbocycles. The highest BCUT2D eigenvalue weighted by atomic mass is 32.1. The molecule has 0 spiro atoms. The van der Waals surface area contributed by atoms with Crippen LogP contribution in [0.1, 0.15) is 48.4 Å². The maximum absolute atomic E-state index is 12.7. The number of hydrogen-bond acceptors (Lipinski definition) is 5. The first kappa shape index (κ1) is 21.4. The van der Waals surface area contributed by atoms with E-state index in [1.54, 1.807) is 13.8 Å². The number of halogens is 3. The van der Waals surface area contributed by atoms with E-state index in [9.17, 15) is 27.6 Å². The molecule has 0 aliphatic heterocycles. The Morgan fingerprint density at radius 2 is 1.71 bits per heavy atom. The predicted molar refractivity (Wildman–Crippen MR) is 97.8 cm³/mol. The fourth-order valence-electron chi connectivity index (χ4n) is 2.37. The molecular weight excluding hydrogens is 397 g/mol. The van der Waals surface area contributed by atoms with Gasteiger partial charge in [-0.2, -0.15) is 13.2 Å². The summed E-state index contributed by atoms with van der Waals surface area (Å²) in [6, 6.07) is 3.64. The fraction of sp³-hybridized carbons (Fsp3) is 0.278. The lowest BCUT2D eigenvalue weighted by molar-refractivity contribution is -0.137. The van der Waals surface area contributed by atoms with Gasteiger partial charge >= 0.3 is 12.1 Å². The lowest BCUT2D eigenvalue weighted by Crippen LogP contribution is -2.18. The third-order valence-corrected chi connectivity index (χ3v) is 4.97. The van der Waals surface area contributed by atoms with Crippen molar-refractivity contribution in [2.75, 3.05) is 19.0 Å². The Labute approximate surface area is 162 Å². The molecule has 0 fully saturated rings. The standard InChI is InChI=1S/C18H17F3N2O4S/c1-4-27-17(26)12-9(2)13(15(25)22-3)28-16(12)23-14(24)10-5-7-11(8-6-10)18(19,20)21/h5-8H,4H2,1-3H3,(H,22,25)(H,23,24). The van der Waals surface area contributed by atoms with E-state index < -0.39 is 29.5 Å². The maximum atomic E-state index is 12.7. The van der Waals surface area contributed by atoms with Gasteiger partial charge in [-0.15, -0.1) is 11.3 Å². The van der Waals surface area contributed by atoms with Crippen molar-refractivity contribution in [3.63, 3.8) is 0 Å². The minimum Gasteiger partial charge on any atom is -0.462 e. The lowest BCUT2D eigenvalue weighted by Gasteiger charge is -2.09. The van der Waals surface area contributed by atoms with Gasteiger partial charge in [0.1, 0.15) is 5.00 Å². The molecule has 28 heavy (non-hydrogen) atoms. The molecule has 2 amide bonds. The highest BCUT2D eigenvalue weighted by Gasteiger charge is 2.30. The number of rotatable bonds is 5. The van der Waals surface area contributed by atoms with Crippen molar-refractivity contribution in [2.45, 2.75) is 20.0 Å². The Bertz CT molecular complexity index is 905. The van der Waals surface area contributed by atoms with E-state index in [0.29, 0.717) is 5.56 Å². The largest absolute Gasteiger partial charge is 0.462 e. The molecule has 0 aliphatic rings. The van der Waals surface area contributed by atoms with Crippen LogP contribution in [-0.2, 0) is 10.9 Å². The number of ether oxygens (including phenoxy) is 1. The van der Waals surface area contributed by atoms with E-state index in [1.165, 1.54) is 7.05 Å². The molecule has 1 aromatic carbocycles. The van der Waals surface area contributed by atoms with E-state index in [0.717, 1.165) is 35.6 Å². The molecule has 6 nitrogen and oxygen atoms in total. The number of carbonyl (C=O) groups is 3. The zero-order valence-corrected chi connectivity index (χ0v) is 16.0. The zero-order chi connectivity index (χ0) is 21.1. The summed E-state index contributed by atoms with van der Waals surface area (Å²) in [6.07, 6.45) is -4.51. The normalized spacial score (nSPS) is 11.1. The van der Waals surface area contributed by atoms with Crippen molar-refractivity contribution in [2.24, 2.45) is 0 Å². The van der Waals surface area contributed by atoms with Gasteiger partial charge in [0, 0.05) is 12.6 Å². The monoisotopic (exact) mass is 414 g/mol. The van der Waals surface area contributed by atoms with E-state index in [2.05, 4.69) is 10.6 Å². The van der Waals surface area contributed by atoms with Crippen molar-refractivity contribution in [3.05, 3.63) is 51.4 Å². The lowest BCUT2D eigenvalue weighted by atomic mass is 10.1. The molecule has 1 aromatic heterocycles. The number of thiophene rings is 1. The van der Waals surface area contributed by atoms with Crippen LogP contribution in [0.25, 0.3) is 0 Å². The summed E-state index contributed by atoms with van der Waals surface area (Å²) in [6.45, 7) is 3.25. The highest BCUT2D eigenvalue weighted by Crippen LogP contribution is 2.34. The number of benzene rings is 1. The van der Waals surface area contributed by atoms with Crippen LogP contribution in [0.15, 0.2) is 24.3 Å². The van der Waals surface area contributed by atoms with Gasteiger partial charge in [0.2, 0.25) is 0 Å². The number of amides is 2. The average Bonchev–Trinajstić information content (AvgIpc) is 2.96. The molecule has 2 aromatic rings. The molecule has 0 bridgehead atoms. The Hall–Kier alpha value is -2.88. The predicted octanol–water partition coefficient (Wildman–Crippen LogP) is 3.86.